The summed E-state index contributed by atoms with van der Waals surface area (Å²) >= 11 is 0. The summed E-state index contributed by atoms with van der Waals surface area (Å²) < 4.78 is 5.77. The summed E-state index contributed by atoms with van der Waals surface area (Å²) in [5.41, 5.74) is 9.74. The van der Waals surface area contributed by atoms with Crippen LogP contribution in [0, 0.1) is 18.3 Å². The lowest BCUT2D eigenvalue weighted by atomic mass is 9.79. The second-order valence-corrected chi connectivity index (χ2v) is 5.98. The number of benzene rings is 3. The molecule has 1 heterocycles. The van der Waals surface area contributed by atoms with E-state index in [9.17, 15) is 5.26 Å². The maximum absolute atomic E-state index is 9.71. The SMILES string of the molecule is Cc1ccccc1C1C(C#N)=C(N)Oc2ccc3ccccc3c21. The van der Waals surface area contributed by atoms with Crippen LogP contribution in [-0.4, -0.2) is 0 Å². The molecule has 4 rings (SSSR count). The van der Waals surface area contributed by atoms with E-state index < -0.39 is 0 Å². The van der Waals surface area contributed by atoms with Crippen molar-refractivity contribution >= 4 is 10.8 Å². The minimum Gasteiger partial charge on any atom is -0.440 e. The highest BCUT2D eigenvalue weighted by Gasteiger charge is 2.32. The number of nitrogens with zero attached hydrogens (tertiary/aromatic N) is 1. The Morgan fingerprint density at radius 3 is 2.54 bits per heavy atom. The van der Waals surface area contributed by atoms with Crippen molar-refractivity contribution in [2.75, 3.05) is 0 Å². The van der Waals surface area contributed by atoms with Crippen molar-refractivity contribution in [1.82, 2.24) is 0 Å². The van der Waals surface area contributed by atoms with Gasteiger partial charge >= 0.3 is 0 Å². The smallest absolute Gasteiger partial charge is 0.205 e. The van der Waals surface area contributed by atoms with E-state index in [-0.39, 0.29) is 11.8 Å². The third-order valence-electron chi connectivity index (χ3n) is 4.61. The topological polar surface area (TPSA) is 59.0 Å². The van der Waals surface area contributed by atoms with Gasteiger partial charge in [0.2, 0.25) is 5.88 Å². The van der Waals surface area contributed by atoms with E-state index in [4.69, 9.17) is 10.5 Å². The van der Waals surface area contributed by atoms with Gasteiger partial charge < -0.3 is 10.5 Å². The van der Waals surface area contributed by atoms with Crippen LogP contribution in [0.3, 0.4) is 0 Å². The molecule has 0 aromatic heterocycles. The Balaban J connectivity index is 2.10. The Labute approximate surface area is 140 Å². The molecule has 0 spiro atoms. The normalized spacial score (nSPS) is 16.4. The number of hydrogen-bond acceptors (Lipinski definition) is 3. The quantitative estimate of drug-likeness (QED) is 0.726. The monoisotopic (exact) mass is 312 g/mol. The van der Waals surface area contributed by atoms with Gasteiger partial charge in [-0.3, -0.25) is 0 Å². The third-order valence-corrected chi connectivity index (χ3v) is 4.61. The third kappa shape index (κ3) is 2.04. The second-order valence-electron chi connectivity index (χ2n) is 5.98. The van der Waals surface area contributed by atoms with Crippen LogP contribution in [0.4, 0.5) is 0 Å². The molecule has 0 amide bonds. The lowest BCUT2D eigenvalue weighted by Gasteiger charge is -2.28. The standard InChI is InChI=1S/C21H16N2O/c1-13-6-2-4-8-15(13)19-17(12-22)21(23)24-18-11-10-14-7-3-5-9-16(14)20(18)19/h2-11,19H,23H2,1H3. The summed E-state index contributed by atoms with van der Waals surface area (Å²) in [7, 11) is 0. The molecule has 3 heteroatoms. The van der Waals surface area contributed by atoms with Gasteiger partial charge in [-0.25, -0.2) is 0 Å². The first-order valence-corrected chi connectivity index (χ1v) is 7.85. The minimum atomic E-state index is -0.217. The fraction of sp³-hybridized carbons (Fsp3) is 0.0952. The lowest BCUT2D eigenvalue weighted by molar-refractivity contribution is 0.395. The molecule has 1 unspecified atom stereocenters. The minimum absolute atomic E-state index is 0.188. The van der Waals surface area contributed by atoms with Crippen molar-refractivity contribution in [3.8, 4) is 11.8 Å². The molecule has 3 aromatic carbocycles. The molecule has 3 nitrogen and oxygen atoms in total. The first kappa shape index (κ1) is 14.3. The Hall–Kier alpha value is -3.25. The number of ether oxygens (including phenoxy) is 1. The first-order chi connectivity index (χ1) is 11.7. The molecule has 24 heavy (non-hydrogen) atoms. The van der Waals surface area contributed by atoms with Crippen molar-refractivity contribution < 1.29 is 4.74 Å². The molecule has 1 aliphatic rings. The van der Waals surface area contributed by atoms with E-state index in [1.165, 1.54) is 0 Å². The van der Waals surface area contributed by atoms with Crippen LogP contribution in [0.15, 0.2) is 72.1 Å². The van der Waals surface area contributed by atoms with Gasteiger partial charge in [0, 0.05) is 5.56 Å². The Morgan fingerprint density at radius 1 is 1.00 bits per heavy atom. The molecule has 116 valence electrons. The van der Waals surface area contributed by atoms with Crippen LogP contribution >= 0.6 is 0 Å². The number of aryl methyl sites for hydroxylation is 1. The van der Waals surface area contributed by atoms with Gasteiger partial charge in [-0.05, 0) is 34.9 Å². The van der Waals surface area contributed by atoms with Crippen LogP contribution in [0.2, 0.25) is 0 Å². The van der Waals surface area contributed by atoms with Crippen molar-refractivity contribution in [2.45, 2.75) is 12.8 Å². The van der Waals surface area contributed by atoms with Crippen molar-refractivity contribution in [3.05, 3.63) is 88.8 Å². The highest BCUT2D eigenvalue weighted by atomic mass is 16.5. The van der Waals surface area contributed by atoms with Gasteiger partial charge in [0.1, 0.15) is 17.4 Å². The van der Waals surface area contributed by atoms with Gasteiger partial charge in [0.15, 0.2) is 0 Å². The molecule has 0 aliphatic carbocycles. The number of allylic oxidation sites excluding steroid dienone is 1. The summed E-state index contributed by atoms with van der Waals surface area (Å²) in [6.07, 6.45) is 0. The molecule has 1 aliphatic heterocycles. The highest BCUT2D eigenvalue weighted by molar-refractivity contribution is 5.90. The molecule has 0 saturated heterocycles. The molecule has 0 bridgehead atoms. The summed E-state index contributed by atoms with van der Waals surface area (Å²) in [6.45, 7) is 2.06. The van der Waals surface area contributed by atoms with E-state index in [0.717, 1.165) is 33.2 Å². The Bertz CT molecular complexity index is 1030. The van der Waals surface area contributed by atoms with E-state index in [2.05, 4.69) is 37.3 Å². The van der Waals surface area contributed by atoms with Gasteiger partial charge in [-0.15, -0.1) is 0 Å². The van der Waals surface area contributed by atoms with E-state index in [1.807, 2.05) is 36.4 Å². The van der Waals surface area contributed by atoms with Crippen molar-refractivity contribution in [3.63, 3.8) is 0 Å². The van der Waals surface area contributed by atoms with Crippen LogP contribution in [0.1, 0.15) is 22.6 Å². The molecule has 0 saturated carbocycles. The summed E-state index contributed by atoms with van der Waals surface area (Å²) in [4.78, 5) is 0. The van der Waals surface area contributed by atoms with Gasteiger partial charge in [-0.1, -0.05) is 54.6 Å². The fourth-order valence-corrected chi connectivity index (χ4v) is 3.46. The Kier molecular flexibility index (Phi) is 3.25. The molecular weight excluding hydrogens is 296 g/mol. The van der Waals surface area contributed by atoms with Crippen LogP contribution in [-0.2, 0) is 0 Å². The van der Waals surface area contributed by atoms with Crippen LogP contribution in [0.5, 0.6) is 5.75 Å². The summed E-state index contributed by atoms with van der Waals surface area (Å²) in [5.74, 6) is 0.693. The molecule has 2 N–H and O–H groups in total. The molecular formula is C21H16N2O. The van der Waals surface area contributed by atoms with Crippen molar-refractivity contribution in [2.24, 2.45) is 5.73 Å². The van der Waals surface area contributed by atoms with E-state index in [1.54, 1.807) is 0 Å². The van der Waals surface area contributed by atoms with Crippen LogP contribution < -0.4 is 10.5 Å². The molecule has 3 aromatic rings. The predicted octanol–water partition coefficient (Wildman–Crippen LogP) is 4.37. The van der Waals surface area contributed by atoms with E-state index in [0.29, 0.717) is 5.57 Å². The second kappa shape index (κ2) is 5.43. The number of nitriles is 1. The molecule has 0 radical (unpaired) electrons. The number of nitrogens with two attached hydrogens (primary N) is 1. The zero-order chi connectivity index (χ0) is 16.7. The van der Waals surface area contributed by atoms with Crippen LogP contribution in [0.25, 0.3) is 10.8 Å². The van der Waals surface area contributed by atoms with E-state index >= 15 is 0 Å². The number of rotatable bonds is 1. The maximum atomic E-state index is 9.71. The highest BCUT2D eigenvalue weighted by Crippen LogP contribution is 2.46. The average Bonchev–Trinajstić information content (AvgIpc) is 2.61. The predicted molar refractivity (Wildman–Crippen MR) is 94.4 cm³/mol. The lowest BCUT2D eigenvalue weighted by Crippen LogP contribution is -2.21. The molecule has 1 atom stereocenters. The largest absolute Gasteiger partial charge is 0.440 e. The number of fused-ring (bicyclic) bond motifs is 3. The van der Waals surface area contributed by atoms with Gasteiger partial charge in [0.25, 0.3) is 0 Å². The summed E-state index contributed by atoms with van der Waals surface area (Å²) in [5, 5.41) is 11.9. The first-order valence-electron chi connectivity index (χ1n) is 7.85. The van der Waals surface area contributed by atoms with Crippen molar-refractivity contribution in [1.29, 1.82) is 5.26 Å². The average molecular weight is 312 g/mol. The summed E-state index contributed by atoms with van der Waals surface area (Å²) in [6, 6.07) is 22.5. The zero-order valence-electron chi connectivity index (χ0n) is 13.3. The number of hydrogen-bond donors (Lipinski definition) is 1. The fourth-order valence-electron chi connectivity index (χ4n) is 3.46. The zero-order valence-corrected chi connectivity index (χ0v) is 13.3. The Morgan fingerprint density at radius 2 is 1.75 bits per heavy atom. The maximum Gasteiger partial charge on any atom is 0.205 e. The molecule has 0 fully saturated rings. The van der Waals surface area contributed by atoms with Gasteiger partial charge in [-0.2, -0.15) is 5.26 Å². The van der Waals surface area contributed by atoms with Gasteiger partial charge in [0.05, 0.1) is 5.92 Å².